The van der Waals surface area contributed by atoms with Crippen molar-refractivity contribution in [1.29, 1.82) is 0 Å². The first-order chi connectivity index (χ1) is 22.0. The topological polar surface area (TPSA) is 159 Å². The fraction of sp³-hybridized carbons (Fsp3) is 0.647. The van der Waals surface area contributed by atoms with Crippen molar-refractivity contribution in [2.75, 3.05) is 27.3 Å². The summed E-state index contributed by atoms with van der Waals surface area (Å²) in [7, 11) is 3.55. The first kappa shape index (κ1) is 34.5. The number of alkyl carbamates (subject to hydrolysis) is 1. The van der Waals surface area contributed by atoms with Crippen molar-refractivity contribution in [2.24, 2.45) is 5.92 Å². The zero-order chi connectivity index (χ0) is 34.5. The summed E-state index contributed by atoms with van der Waals surface area (Å²) in [6.45, 7) is 10.8. The van der Waals surface area contributed by atoms with Gasteiger partial charge in [-0.05, 0) is 77.8 Å². The van der Waals surface area contributed by atoms with Crippen molar-refractivity contribution in [3.05, 3.63) is 35.1 Å². The quantitative estimate of drug-likeness (QED) is 0.280. The molecule has 2 aliphatic carbocycles. The number of rotatable bonds is 10. The Morgan fingerprint density at radius 3 is 2.53 bits per heavy atom. The van der Waals surface area contributed by atoms with Gasteiger partial charge in [-0.2, -0.15) is 0 Å². The predicted octanol–water partition coefficient (Wildman–Crippen LogP) is 2.93. The molecular weight excluding hydrogens is 612 g/mol. The molecule has 1 aromatic carbocycles. The Morgan fingerprint density at radius 1 is 1.15 bits per heavy atom. The van der Waals surface area contributed by atoms with Gasteiger partial charge in [0.2, 0.25) is 0 Å². The fourth-order valence-electron chi connectivity index (χ4n) is 7.22. The summed E-state index contributed by atoms with van der Waals surface area (Å²) < 4.78 is 33.8. The number of aliphatic hydroxyl groups is 1. The zero-order valence-electron chi connectivity index (χ0n) is 28.3. The molecule has 1 aromatic rings. The number of esters is 3. The summed E-state index contributed by atoms with van der Waals surface area (Å²) in [5, 5.41) is 14.7. The van der Waals surface area contributed by atoms with Gasteiger partial charge in [-0.15, -0.1) is 0 Å². The van der Waals surface area contributed by atoms with E-state index in [1.807, 2.05) is 33.0 Å². The Kier molecular flexibility index (Phi) is 9.28. The van der Waals surface area contributed by atoms with Crippen LogP contribution in [0.2, 0.25) is 0 Å². The summed E-state index contributed by atoms with van der Waals surface area (Å²) in [5.74, 6) is -1.36. The van der Waals surface area contributed by atoms with E-state index >= 15 is 0 Å². The summed E-state index contributed by atoms with van der Waals surface area (Å²) in [6.07, 6.45) is -0.657. The molecule has 1 amide bonds. The molecule has 1 unspecified atom stereocenters. The maximum atomic E-state index is 13.4. The number of methoxy groups -OCH3 is 1. The average molecular weight is 659 g/mol. The molecule has 0 aromatic heterocycles. The molecule has 0 saturated carbocycles. The van der Waals surface area contributed by atoms with E-state index < -0.39 is 65.3 Å². The first-order valence-corrected chi connectivity index (χ1v) is 16.1. The van der Waals surface area contributed by atoms with Gasteiger partial charge in [0.15, 0.2) is 23.7 Å². The highest BCUT2D eigenvalue weighted by atomic mass is 16.6. The van der Waals surface area contributed by atoms with Crippen LogP contribution < -0.4 is 14.8 Å². The van der Waals surface area contributed by atoms with E-state index in [0.717, 1.165) is 11.1 Å². The van der Waals surface area contributed by atoms with Crippen LogP contribution >= 0.6 is 0 Å². The van der Waals surface area contributed by atoms with Crippen LogP contribution in [0.5, 0.6) is 11.5 Å². The fourth-order valence-corrected chi connectivity index (χ4v) is 7.22. The summed E-state index contributed by atoms with van der Waals surface area (Å²) >= 11 is 0. The number of piperidine rings is 1. The molecule has 6 atom stereocenters. The SMILES string of the molecule is COc1ccc2c3c1O[C@H]1C(OC(=O)[C@H](C)OC(=O)[C@H](CC(=O)OCC(C)C)NC(=O)OC(C)(C)C)=CC[C@@]4(O)[C@@H](C2)N(C)CCC314. The van der Waals surface area contributed by atoms with Crippen LogP contribution in [0.4, 0.5) is 4.79 Å². The number of likely N-dealkylation sites (tertiary alicyclic amines) is 1. The molecule has 5 rings (SSSR count). The minimum atomic E-state index is -1.49. The number of benzene rings is 1. The monoisotopic (exact) mass is 658 g/mol. The van der Waals surface area contributed by atoms with Crippen LogP contribution in [0, 0.1) is 5.92 Å². The summed E-state index contributed by atoms with van der Waals surface area (Å²) in [5.41, 5.74) is -1.00. The third-order valence-corrected chi connectivity index (χ3v) is 9.33. The number of hydrogen-bond donors (Lipinski definition) is 2. The van der Waals surface area contributed by atoms with Gasteiger partial charge < -0.3 is 43.7 Å². The maximum absolute atomic E-state index is 13.4. The highest BCUT2D eigenvalue weighted by Crippen LogP contribution is 2.65. The van der Waals surface area contributed by atoms with E-state index in [-0.39, 0.29) is 30.7 Å². The van der Waals surface area contributed by atoms with Gasteiger partial charge in [0.05, 0.1) is 31.2 Å². The Balaban J connectivity index is 1.34. The first-order valence-electron chi connectivity index (χ1n) is 16.1. The molecule has 2 N–H and O–H groups in total. The minimum absolute atomic E-state index is 0.0564. The maximum Gasteiger partial charge on any atom is 0.408 e. The van der Waals surface area contributed by atoms with Gasteiger partial charge in [0, 0.05) is 18.0 Å². The van der Waals surface area contributed by atoms with Crippen molar-refractivity contribution < 1.29 is 52.7 Å². The van der Waals surface area contributed by atoms with E-state index in [1.54, 1.807) is 34.0 Å². The summed E-state index contributed by atoms with van der Waals surface area (Å²) in [4.78, 5) is 53.8. The van der Waals surface area contributed by atoms with E-state index in [2.05, 4.69) is 10.2 Å². The van der Waals surface area contributed by atoms with Gasteiger partial charge in [0.1, 0.15) is 17.4 Å². The minimum Gasteiger partial charge on any atom is -0.493 e. The molecular formula is C34H46N2O11. The number of carbonyl (C=O) groups excluding carboxylic acids is 4. The largest absolute Gasteiger partial charge is 0.493 e. The second kappa shape index (κ2) is 12.6. The number of ether oxygens (including phenoxy) is 6. The van der Waals surface area contributed by atoms with Crippen LogP contribution in [-0.2, 0) is 45.2 Å². The second-order valence-electron chi connectivity index (χ2n) is 14.3. The molecule has 1 fully saturated rings. The van der Waals surface area contributed by atoms with Crippen molar-refractivity contribution in [1.82, 2.24) is 10.2 Å². The lowest BCUT2D eigenvalue weighted by Crippen LogP contribution is -2.74. The molecule has 47 heavy (non-hydrogen) atoms. The predicted molar refractivity (Wildman–Crippen MR) is 167 cm³/mol. The van der Waals surface area contributed by atoms with Crippen LogP contribution in [0.3, 0.4) is 0 Å². The number of hydrogen-bond acceptors (Lipinski definition) is 12. The molecule has 4 aliphatic rings. The Morgan fingerprint density at radius 2 is 1.87 bits per heavy atom. The summed E-state index contributed by atoms with van der Waals surface area (Å²) in [6, 6.07) is 2.19. The van der Waals surface area contributed by atoms with Crippen molar-refractivity contribution in [3.8, 4) is 11.5 Å². The molecule has 1 saturated heterocycles. The number of nitrogens with one attached hydrogen (secondary N) is 1. The number of likely N-dealkylation sites (N-methyl/N-ethyl adjacent to an activating group) is 1. The van der Waals surface area contributed by atoms with Crippen molar-refractivity contribution in [3.63, 3.8) is 0 Å². The molecule has 2 aliphatic heterocycles. The lowest BCUT2D eigenvalue weighted by atomic mass is 9.50. The third-order valence-electron chi connectivity index (χ3n) is 9.33. The van der Waals surface area contributed by atoms with Crippen molar-refractivity contribution >= 4 is 24.0 Å². The molecule has 1 spiro atoms. The van der Waals surface area contributed by atoms with Gasteiger partial charge in [0.25, 0.3) is 0 Å². The normalized spacial score (nSPS) is 27.0. The zero-order valence-corrected chi connectivity index (χ0v) is 28.3. The van der Waals surface area contributed by atoms with E-state index in [0.29, 0.717) is 30.9 Å². The van der Waals surface area contributed by atoms with Crippen molar-refractivity contribution in [2.45, 2.75) is 108 Å². The van der Waals surface area contributed by atoms with Gasteiger partial charge in [-0.3, -0.25) is 4.79 Å². The second-order valence-corrected chi connectivity index (χ2v) is 14.3. The number of amides is 1. The van der Waals surface area contributed by atoms with Gasteiger partial charge in [-0.1, -0.05) is 19.9 Å². The van der Waals surface area contributed by atoms with Crippen LogP contribution in [0.1, 0.15) is 71.9 Å². The smallest absolute Gasteiger partial charge is 0.408 e. The average Bonchev–Trinajstić information content (AvgIpc) is 3.34. The molecule has 2 heterocycles. The van der Waals surface area contributed by atoms with Crippen LogP contribution in [0.25, 0.3) is 0 Å². The Bertz CT molecular complexity index is 1470. The van der Waals surface area contributed by atoms with Crippen LogP contribution in [0.15, 0.2) is 24.0 Å². The lowest BCUT2D eigenvalue weighted by molar-refractivity contribution is -0.176. The molecule has 258 valence electrons. The van der Waals surface area contributed by atoms with E-state index in [1.165, 1.54) is 6.92 Å². The van der Waals surface area contributed by atoms with E-state index in [4.69, 9.17) is 28.4 Å². The van der Waals surface area contributed by atoms with E-state index in [9.17, 15) is 24.3 Å². The van der Waals surface area contributed by atoms with Gasteiger partial charge >= 0.3 is 24.0 Å². The Labute approximate surface area is 274 Å². The lowest BCUT2D eigenvalue weighted by Gasteiger charge is -2.61. The molecule has 0 radical (unpaired) electrons. The molecule has 13 heteroatoms. The number of nitrogens with zero attached hydrogens (tertiary/aromatic N) is 1. The van der Waals surface area contributed by atoms with Crippen LogP contribution in [-0.4, -0.2) is 96.8 Å². The molecule has 13 nitrogen and oxygen atoms in total. The Hall–Kier alpha value is -3.84. The van der Waals surface area contributed by atoms with Gasteiger partial charge in [-0.25, -0.2) is 14.4 Å². The molecule has 2 bridgehead atoms. The highest BCUT2D eigenvalue weighted by molar-refractivity contribution is 5.88. The third kappa shape index (κ3) is 6.27. The highest BCUT2D eigenvalue weighted by Gasteiger charge is 2.72. The number of carbonyl (C=O) groups is 4. The standard InChI is InChI=1S/C34H46N2O11/c1-18(2)17-43-25(37)16-21(35-31(40)47-32(4,5)6)30(39)44-19(3)29(38)45-23-11-12-34(41)24-15-20-9-10-22(42-8)27-26(20)33(34,28(23)46-27)13-14-36(24)7/h9-11,18-19,21,24,28,41H,12-17H2,1-8H3,(H,35,40)/t19-,21-,24+,28-,33?,34+/m0/s1.